The zero-order chi connectivity index (χ0) is 15.1. The Labute approximate surface area is 129 Å². The van der Waals surface area contributed by atoms with Gasteiger partial charge in [-0.1, -0.05) is 36.2 Å². The monoisotopic (exact) mass is 290 g/mol. The van der Waals surface area contributed by atoms with Gasteiger partial charge in [0, 0.05) is 31.8 Å². The zero-order valence-electron chi connectivity index (χ0n) is 13.5. The third-order valence-electron chi connectivity index (χ3n) is 4.69. The van der Waals surface area contributed by atoms with Crippen molar-refractivity contribution in [1.82, 2.24) is 10.2 Å². The van der Waals surface area contributed by atoms with Crippen molar-refractivity contribution >= 4 is 0 Å². The minimum absolute atomic E-state index is 0.302. The Kier molecular flexibility index (Phi) is 6.68. The Morgan fingerprint density at radius 3 is 2.71 bits per heavy atom. The van der Waals surface area contributed by atoms with Crippen LogP contribution in [0.25, 0.3) is 0 Å². The van der Waals surface area contributed by atoms with Gasteiger partial charge in [0.2, 0.25) is 0 Å². The third kappa shape index (κ3) is 4.80. The molecule has 0 amide bonds. The Morgan fingerprint density at radius 1 is 1.33 bits per heavy atom. The van der Waals surface area contributed by atoms with Gasteiger partial charge in [0.1, 0.15) is 0 Å². The maximum atomic E-state index is 9.08. The van der Waals surface area contributed by atoms with Crippen molar-refractivity contribution in [3.8, 4) is 0 Å². The molecule has 0 aliphatic heterocycles. The second-order valence-electron chi connectivity index (χ2n) is 6.24. The third-order valence-corrected chi connectivity index (χ3v) is 4.69. The molecule has 1 aliphatic carbocycles. The van der Waals surface area contributed by atoms with Crippen molar-refractivity contribution in [1.29, 1.82) is 0 Å². The van der Waals surface area contributed by atoms with Crippen molar-refractivity contribution in [3.05, 3.63) is 35.4 Å². The maximum Gasteiger partial charge on any atom is 0.0443 e. The highest BCUT2D eigenvalue weighted by Crippen LogP contribution is 2.26. The number of rotatable bonds is 9. The maximum absolute atomic E-state index is 9.08. The number of aryl methyl sites for hydroxylation is 1. The number of aliphatic hydroxyl groups excluding tert-OH is 1. The van der Waals surface area contributed by atoms with E-state index in [9.17, 15) is 0 Å². The molecule has 3 heteroatoms. The molecule has 0 heterocycles. The fourth-order valence-corrected chi connectivity index (χ4v) is 3.16. The van der Waals surface area contributed by atoms with Crippen LogP contribution in [-0.4, -0.2) is 42.8 Å². The molecule has 2 N–H and O–H groups in total. The van der Waals surface area contributed by atoms with Gasteiger partial charge in [0.15, 0.2) is 0 Å². The van der Waals surface area contributed by atoms with Crippen LogP contribution in [0.5, 0.6) is 0 Å². The van der Waals surface area contributed by atoms with E-state index >= 15 is 0 Å². The lowest BCUT2D eigenvalue weighted by Gasteiger charge is -2.38. The summed E-state index contributed by atoms with van der Waals surface area (Å²) < 4.78 is 0. The van der Waals surface area contributed by atoms with E-state index in [1.54, 1.807) is 0 Å². The molecule has 0 bridgehead atoms. The molecule has 0 radical (unpaired) electrons. The van der Waals surface area contributed by atoms with E-state index in [2.05, 4.69) is 48.5 Å². The van der Waals surface area contributed by atoms with Crippen molar-refractivity contribution in [3.63, 3.8) is 0 Å². The Balaban J connectivity index is 1.90. The van der Waals surface area contributed by atoms with Crippen LogP contribution in [0, 0.1) is 6.92 Å². The Morgan fingerprint density at radius 2 is 2.14 bits per heavy atom. The van der Waals surface area contributed by atoms with E-state index in [4.69, 9.17) is 5.11 Å². The first kappa shape index (κ1) is 16.5. The summed E-state index contributed by atoms with van der Waals surface area (Å²) in [5.41, 5.74) is 2.71. The van der Waals surface area contributed by atoms with Gasteiger partial charge in [-0.3, -0.25) is 0 Å². The van der Waals surface area contributed by atoms with Crippen LogP contribution in [0.15, 0.2) is 24.3 Å². The van der Waals surface area contributed by atoms with E-state index < -0.39 is 0 Å². The summed E-state index contributed by atoms with van der Waals surface area (Å²) in [6.45, 7) is 4.60. The van der Waals surface area contributed by atoms with Crippen LogP contribution in [0.2, 0.25) is 0 Å². The molecule has 118 valence electrons. The van der Waals surface area contributed by atoms with Gasteiger partial charge < -0.3 is 15.3 Å². The summed E-state index contributed by atoms with van der Waals surface area (Å²) >= 11 is 0. The summed E-state index contributed by atoms with van der Waals surface area (Å²) in [6.07, 6.45) is 6.06. The molecule has 1 unspecified atom stereocenters. The standard InChI is InChI=1S/C18H30N2O/c1-15-6-3-7-16(14-15)18(19-2)10-12-20(11-5-13-21)17-8-4-9-17/h3,6-7,14,17-19,21H,4-5,8-13H2,1-2H3. The van der Waals surface area contributed by atoms with Gasteiger partial charge in [0.25, 0.3) is 0 Å². The van der Waals surface area contributed by atoms with Crippen LogP contribution in [0.4, 0.5) is 0 Å². The van der Waals surface area contributed by atoms with Crippen LogP contribution in [-0.2, 0) is 0 Å². The van der Waals surface area contributed by atoms with E-state index in [0.717, 1.165) is 32.0 Å². The zero-order valence-corrected chi connectivity index (χ0v) is 13.5. The lowest BCUT2D eigenvalue weighted by molar-refractivity contribution is 0.112. The molecule has 0 aromatic heterocycles. The second kappa shape index (κ2) is 8.52. The summed E-state index contributed by atoms with van der Waals surface area (Å²) in [7, 11) is 2.05. The molecule has 1 aromatic carbocycles. The highest BCUT2D eigenvalue weighted by Gasteiger charge is 2.25. The van der Waals surface area contributed by atoms with Gasteiger partial charge in [-0.05, 0) is 45.2 Å². The van der Waals surface area contributed by atoms with Crippen LogP contribution >= 0.6 is 0 Å². The lowest BCUT2D eigenvalue weighted by atomic mass is 9.90. The first-order chi connectivity index (χ1) is 10.2. The molecule has 2 rings (SSSR count). The topological polar surface area (TPSA) is 35.5 Å². The van der Waals surface area contributed by atoms with E-state index in [1.165, 1.54) is 30.4 Å². The predicted molar refractivity (Wildman–Crippen MR) is 88.5 cm³/mol. The Hall–Kier alpha value is -0.900. The molecule has 0 spiro atoms. The summed E-state index contributed by atoms with van der Waals surface area (Å²) in [4.78, 5) is 2.58. The largest absolute Gasteiger partial charge is 0.396 e. The predicted octanol–water partition coefficient (Wildman–Crippen LogP) is 2.88. The molecule has 3 nitrogen and oxygen atoms in total. The molecule has 1 fully saturated rings. The number of nitrogens with zero attached hydrogens (tertiary/aromatic N) is 1. The number of nitrogens with one attached hydrogen (secondary N) is 1. The minimum Gasteiger partial charge on any atom is -0.396 e. The molecule has 1 atom stereocenters. The number of hydrogen-bond donors (Lipinski definition) is 2. The van der Waals surface area contributed by atoms with Gasteiger partial charge in [-0.15, -0.1) is 0 Å². The van der Waals surface area contributed by atoms with Crippen LogP contribution in [0.1, 0.15) is 49.3 Å². The molecule has 1 aromatic rings. The van der Waals surface area contributed by atoms with E-state index in [0.29, 0.717) is 12.6 Å². The average molecular weight is 290 g/mol. The fraction of sp³-hybridized carbons (Fsp3) is 0.667. The van der Waals surface area contributed by atoms with Crippen LogP contribution < -0.4 is 5.32 Å². The first-order valence-corrected chi connectivity index (χ1v) is 8.33. The van der Waals surface area contributed by atoms with Gasteiger partial charge in [-0.25, -0.2) is 0 Å². The smallest absolute Gasteiger partial charge is 0.0443 e. The van der Waals surface area contributed by atoms with Crippen molar-refractivity contribution in [2.24, 2.45) is 0 Å². The molecular formula is C18H30N2O. The van der Waals surface area contributed by atoms with Gasteiger partial charge in [0.05, 0.1) is 0 Å². The Bertz CT molecular complexity index is 417. The molecule has 0 saturated heterocycles. The normalized spacial score (nSPS) is 17.0. The van der Waals surface area contributed by atoms with Crippen molar-refractivity contribution in [2.75, 3.05) is 26.7 Å². The molecule has 1 aliphatic rings. The number of hydrogen-bond acceptors (Lipinski definition) is 3. The SMILES string of the molecule is CNC(CCN(CCCO)C1CCC1)c1cccc(C)c1. The van der Waals surface area contributed by atoms with Gasteiger partial charge in [-0.2, -0.15) is 0 Å². The molecule has 1 saturated carbocycles. The number of benzene rings is 1. The van der Waals surface area contributed by atoms with Crippen molar-refractivity contribution < 1.29 is 5.11 Å². The molecular weight excluding hydrogens is 260 g/mol. The molecule has 21 heavy (non-hydrogen) atoms. The summed E-state index contributed by atoms with van der Waals surface area (Å²) in [6, 6.07) is 9.97. The van der Waals surface area contributed by atoms with E-state index in [-0.39, 0.29) is 0 Å². The quantitative estimate of drug-likeness (QED) is 0.734. The minimum atomic E-state index is 0.302. The fourth-order valence-electron chi connectivity index (χ4n) is 3.16. The highest BCUT2D eigenvalue weighted by molar-refractivity contribution is 5.25. The summed E-state index contributed by atoms with van der Waals surface area (Å²) in [5, 5.41) is 12.5. The highest BCUT2D eigenvalue weighted by atomic mass is 16.3. The second-order valence-corrected chi connectivity index (χ2v) is 6.24. The summed E-state index contributed by atoms with van der Waals surface area (Å²) in [5.74, 6) is 0. The average Bonchev–Trinajstić information content (AvgIpc) is 2.43. The van der Waals surface area contributed by atoms with Crippen molar-refractivity contribution in [2.45, 2.75) is 51.1 Å². The van der Waals surface area contributed by atoms with Gasteiger partial charge >= 0.3 is 0 Å². The van der Waals surface area contributed by atoms with Crippen LogP contribution in [0.3, 0.4) is 0 Å². The number of aliphatic hydroxyl groups is 1. The first-order valence-electron chi connectivity index (χ1n) is 8.33. The lowest BCUT2D eigenvalue weighted by Crippen LogP contribution is -2.42. The van der Waals surface area contributed by atoms with E-state index in [1.807, 2.05) is 0 Å².